The lowest BCUT2D eigenvalue weighted by molar-refractivity contribution is -0.121. The topological polar surface area (TPSA) is 106 Å². The van der Waals surface area contributed by atoms with Gasteiger partial charge in [0, 0.05) is 9.37 Å². The lowest BCUT2D eigenvalue weighted by Gasteiger charge is -2.20. The van der Waals surface area contributed by atoms with Gasteiger partial charge in [-0.25, -0.2) is 0 Å². The zero-order valence-corrected chi connectivity index (χ0v) is 12.3. The van der Waals surface area contributed by atoms with Crippen LogP contribution in [0.4, 0.5) is 0 Å². The molecule has 0 saturated carbocycles. The fourth-order valence-electron chi connectivity index (χ4n) is 1.42. The molecule has 6 nitrogen and oxygen atoms in total. The van der Waals surface area contributed by atoms with E-state index < -0.39 is 17.7 Å². The molecule has 0 aliphatic heterocycles. The second-order valence-corrected chi connectivity index (χ2v) is 5.13. The molecule has 0 fully saturated rings. The first-order chi connectivity index (χ1) is 8.81. The third-order valence-corrected chi connectivity index (χ3v) is 3.13. The number of carbonyl (C=O) groups is 3. The van der Waals surface area contributed by atoms with Gasteiger partial charge < -0.3 is 16.4 Å². The first-order valence-electron chi connectivity index (χ1n) is 5.15. The lowest BCUT2D eigenvalue weighted by Crippen LogP contribution is -2.43. The number of amides is 3. The number of benzene rings is 1. The molecular formula is C11H12BrN3O3S. The van der Waals surface area contributed by atoms with E-state index in [9.17, 15) is 14.4 Å². The summed E-state index contributed by atoms with van der Waals surface area (Å²) in [7, 11) is 0. The summed E-state index contributed by atoms with van der Waals surface area (Å²) in [6.07, 6.45) is 0. The summed E-state index contributed by atoms with van der Waals surface area (Å²) >= 11 is 7.35. The summed E-state index contributed by atoms with van der Waals surface area (Å²) in [5.41, 5.74) is 10.4. The normalized spacial score (nSPS) is 10.0. The first-order valence-corrected chi connectivity index (χ1v) is 6.39. The summed E-state index contributed by atoms with van der Waals surface area (Å²) in [5, 5.41) is 0. The van der Waals surface area contributed by atoms with Crippen molar-refractivity contribution in [2.45, 2.75) is 4.90 Å². The summed E-state index contributed by atoms with van der Waals surface area (Å²) in [5.74, 6) is -1.99. The summed E-state index contributed by atoms with van der Waals surface area (Å²) in [4.78, 5) is 35.6. The maximum absolute atomic E-state index is 12.2. The van der Waals surface area contributed by atoms with Crippen LogP contribution < -0.4 is 11.5 Å². The molecule has 0 aliphatic carbocycles. The predicted molar refractivity (Wildman–Crippen MR) is 75.7 cm³/mol. The Morgan fingerprint density at radius 3 is 2.16 bits per heavy atom. The third kappa shape index (κ3) is 4.56. The molecule has 0 atom stereocenters. The Labute approximate surface area is 123 Å². The van der Waals surface area contributed by atoms with Crippen molar-refractivity contribution < 1.29 is 14.4 Å². The van der Waals surface area contributed by atoms with Crippen LogP contribution in [-0.2, 0) is 9.59 Å². The van der Waals surface area contributed by atoms with Crippen molar-refractivity contribution >= 4 is 46.3 Å². The van der Waals surface area contributed by atoms with Crippen LogP contribution in [-0.4, -0.2) is 35.7 Å². The molecule has 8 heteroatoms. The van der Waals surface area contributed by atoms with E-state index in [0.717, 1.165) is 4.90 Å². The van der Waals surface area contributed by atoms with Crippen molar-refractivity contribution in [3.8, 4) is 0 Å². The van der Waals surface area contributed by atoms with Crippen LogP contribution in [0.2, 0.25) is 0 Å². The van der Waals surface area contributed by atoms with Crippen LogP contribution >= 0.6 is 28.6 Å². The molecule has 0 aliphatic rings. The van der Waals surface area contributed by atoms with Gasteiger partial charge in [-0.05, 0) is 34.1 Å². The Morgan fingerprint density at radius 1 is 1.16 bits per heavy atom. The molecule has 0 bridgehead atoms. The summed E-state index contributed by atoms with van der Waals surface area (Å²) in [6, 6.07) is 4.85. The molecule has 0 unspecified atom stereocenters. The van der Waals surface area contributed by atoms with Crippen LogP contribution in [0, 0.1) is 0 Å². The van der Waals surface area contributed by atoms with E-state index in [0.29, 0.717) is 9.37 Å². The van der Waals surface area contributed by atoms with Crippen LogP contribution in [0.5, 0.6) is 0 Å². The molecule has 102 valence electrons. The van der Waals surface area contributed by atoms with Gasteiger partial charge in [-0.15, -0.1) is 12.6 Å². The number of nitrogens with zero attached hydrogens (tertiary/aromatic N) is 1. The average molecular weight is 346 g/mol. The van der Waals surface area contributed by atoms with Crippen molar-refractivity contribution in [2.75, 3.05) is 13.1 Å². The number of nitrogens with two attached hydrogens (primary N) is 2. The van der Waals surface area contributed by atoms with Gasteiger partial charge in [0.15, 0.2) is 0 Å². The van der Waals surface area contributed by atoms with E-state index in [4.69, 9.17) is 11.5 Å². The fourth-order valence-corrected chi connectivity index (χ4v) is 2.04. The highest BCUT2D eigenvalue weighted by Crippen LogP contribution is 2.21. The number of hydrogen-bond acceptors (Lipinski definition) is 4. The Kier molecular flexibility index (Phi) is 5.37. The molecule has 4 N–H and O–H groups in total. The van der Waals surface area contributed by atoms with Crippen molar-refractivity contribution in [1.29, 1.82) is 0 Å². The Morgan fingerprint density at radius 2 is 1.68 bits per heavy atom. The van der Waals surface area contributed by atoms with Gasteiger partial charge in [0.25, 0.3) is 5.91 Å². The second kappa shape index (κ2) is 6.58. The van der Waals surface area contributed by atoms with E-state index >= 15 is 0 Å². The van der Waals surface area contributed by atoms with E-state index in [1.165, 1.54) is 6.07 Å². The zero-order valence-electron chi connectivity index (χ0n) is 9.80. The second-order valence-electron chi connectivity index (χ2n) is 3.76. The maximum atomic E-state index is 12.2. The molecule has 1 rings (SSSR count). The number of primary amides is 2. The Balaban J connectivity index is 3.07. The van der Waals surface area contributed by atoms with Crippen LogP contribution in [0.25, 0.3) is 0 Å². The molecular weight excluding hydrogens is 334 g/mol. The van der Waals surface area contributed by atoms with Crippen molar-refractivity contribution in [2.24, 2.45) is 11.5 Å². The van der Waals surface area contributed by atoms with Crippen molar-refractivity contribution in [3.63, 3.8) is 0 Å². The highest BCUT2D eigenvalue weighted by Gasteiger charge is 2.21. The van der Waals surface area contributed by atoms with E-state index in [1.54, 1.807) is 12.1 Å². The number of thiol groups is 1. The smallest absolute Gasteiger partial charge is 0.255 e. The zero-order chi connectivity index (χ0) is 14.6. The molecule has 1 aromatic rings. The van der Waals surface area contributed by atoms with Gasteiger partial charge in [0.05, 0.1) is 5.56 Å². The molecule has 3 amide bonds. The number of hydrogen-bond donors (Lipinski definition) is 3. The Hall–Kier alpha value is -1.54. The molecule has 0 heterocycles. The third-order valence-electron chi connectivity index (χ3n) is 2.16. The average Bonchev–Trinajstić information content (AvgIpc) is 2.29. The van der Waals surface area contributed by atoms with Crippen LogP contribution in [0.3, 0.4) is 0 Å². The minimum atomic E-state index is -0.729. The largest absolute Gasteiger partial charge is 0.368 e. The monoisotopic (exact) mass is 345 g/mol. The molecule has 1 aromatic carbocycles. The van der Waals surface area contributed by atoms with Gasteiger partial charge in [0.2, 0.25) is 11.8 Å². The van der Waals surface area contributed by atoms with E-state index in [2.05, 4.69) is 28.6 Å². The highest BCUT2D eigenvalue weighted by molar-refractivity contribution is 9.10. The van der Waals surface area contributed by atoms with Gasteiger partial charge in [0.1, 0.15) is 13.1 Å². The van der Waals surface area contributed by atoms with Gasteiger partial charge in [-0.1, -0.05) is 0 Å². The van der Waals surface area contributed by atoms with Crippen molar-refractivity contribution in [3.05, 3.63) is 28.2 Å². The minimum absolute atomic E-state index is 0.273. The lowest BCUT2D eigenvalue weighted by atomic mass is 10.2. The highest BCUT2D eigenvalue weighted by atomic mass is 79.9. The van der Waals surface area contributed by atoms with Gasteiger partial charge in [-0.3, -0.25) is 14.4 Å². The molecule has 0 aromatic heterocycles. The van der Waals surface area contributed by atoms with Gasteiger partial charge >= 0.3 is 0 Å². The van der Waals surface area contributed by atoms with Crippen LogP contribution in [0.15, 0.2) is 27.6 Å². The quantitative estimate of drug-likeness (QED) is 0.661. The number of carbonyl (C=O) groups excluding carboxylic acids is 3. The Bertz CT molecular complexity index is 520. The van der Waals surface area contributed by atoms with Gasteiger partial charge in [-0.2, -0.15) is 0 Å². The minimum Gasteiger partial charge on any atom is -0.368 e. The van der Waals surface area contributed by atoms with E-state index in [-0.39, 0.29) is 18.7 Å². The molecule has 0 saturated heterocycles. The maximum Gasteiger partial charge on any atom is 0.255 e. The number of halogens is 1. The SMILES string of the molecule is NC(=O)CN(CC(N)=O)C(=O)c1cc(S)ccc1Br. The molecule has 19 heavy (non-hydrogen) atoms. The summed E-state index contributed by atoms with van der Waals surface area (Å²) in [6.45, 7) is -0.768. The number of rotatable bonds is 5. The predicted octanol–water partition coefficient (Wildman–Crippen LogP) is 0.151. The summed E-state index contributed by atoms with van der Waals surface area (Å²) < 4.78 is 0.522. The van der Waals surface area contributed by atoms with Crippen molar-refractivity contribution in [1.82, 2.24) is 4.90 Å². The van der Waals surface area contributed by atoms with Crippen LogP contribution in [0.1, 0.15) is 10.4 Å². The molecule has 0 radical (unpaired) electrons. The van der Waals surface area contributed by atoms with E-state index in [1.807, 2.05) is 0 Å². The first kappa shape index (κ1) is 15.5. The standard InChI is InChI=1S/C11H12BrN3O3S/c12-8-2-1-6(19)3-7(8)11(18)15(4-9(13)16)5-10(14)17/h1-3,19H,4-5H2,(H2,13,16)(H2,14,17). The molecule has 0 spiro atoms. The fraction of sp³-hybridized carbons (Fsp3) is 0.182.